The number of methoxy groups -OCH3 is 2. The molecule has 1 heterocycles. The maximum absolute atomic E-state index is 12.9. The largest absolute Gasteiger partial charge is 0.497 e. The number of benzene rings is 1. The summed E-state index contributed by atoms with van der Waals surface area (Å²) in [7, 11) is 3.17. The molecule has 1 aliphatic heterocycles. The van der Waals surface area contributed by atoms with Crippen molar-refractivity contribution in [1.82, 2.24) is 4.90 Å². The van der Waals surface area contributed by atoms with Crippen molar-refractivity contribution in [3.05, 3.63) is 23.8 Å². The topological polar surface area (TPSA) is 81.9 Å². The molecular formula is C19H26N2O4. The van der Waals surface area contributed by atoms with Gasteiger partial charge in [0.25, 0.3) is 0 Å². The summed E-state index contributed by atoms with van der Waals surface area (Å²) in [6, 6.07) is 5.41. The summed E-state index contributed by atoms with van der Waals surface area (Å²) in [4.78, 5) is 26.7. The fraction of sp³-hybridized carbons (Fsp3) is 0.579. The number of likely N-dealkylation sites (tertiary alicyclic amines) is 1. The molecule has 0 aromatic heterocycles. The second-order valence-electron chi connectivity index (χ2n) is 7.87. The maximum atomic E-state index is 12.9. The highest BCUT2D eigenvalue weighted by Gasteiger charge is 2.66. The number of rotatable bonds is 5. The van der Waals surface area contributed by atoms with Gasteiger partial charge >= 0.3 is 0 Å². The second-order valence-corrected chi connectivity index (χ2v) is 7.87. The lowest BCUT2D eigenvalue weighted by molar-refractivity contribution is -0.148. The molecule has 0 spiro atoms. The molecule has 0 bridgehead atoms. The van der Waals surface area contributed by atoms with Gasteiger partial charge in [-0.2, -0.15) is 0 Å². The zero-order valence-electron chi connectivity index (χ0n) is 15.3. The van der Waals surface area contributed by atoms with Gasteiger partial charge in [0.2, 0.25) is 11.8 Å². The molecular weight excluding hydrogens is 320 g/mol. The predicted molar refractivity (Wildman–Crippen MR) is 93.3 cm³/mol. The monoisotopic (exact) mass is 346 g/mol. The standard InChI is InChI=1S/C19H26N2O4/c1-18(2)10-19(17(20)23)11-21(9-15(18)19)16(22)8-12-7-13(24-3)5-6-14(12)25-4/h5-7,15H,8-11H2,1-4H3,(H2,20,23)/t15-,19+/m1/s1. The van der Waals surface area contributed by atoms with Crippen molar-refractivity contribution in [3.8, 4) is 11.5 Å². The Morgan fingerprint density at radius 3 is 2.52 bits per heavy atom. The minimum absolute atomic E-state index is 0.0163. The van der Waals surface area contributed by atoms with E-state index in [0.29, 0.717) is 24.6 Å². The van der Waals surface area contributed by atoms with E-state index >= 15 is 0 Å². The number of primary amides is 1. The second kappa shape index (κ2) is 5.93. The van der Waals surface area contributed by atoms with Crippen LogP contribution in [0.2, 0.25) is 0 Å². The summed E-state index contributed by atoms with van der Waals surface area (Å²) in [5, 5.41) is 0. The maximum Gasteiger partial charge on any atom is 0.227 e. The molecule has 136 valence electrons. The highest BCUT2D eigenvalue weighted by Crippen LogP contribution is 2.62. The van der Waals surface area contributed by atoms with Crippen LogP contribution in [-0.4, -0.2) is 44.0 Å². The van der Waals surface area contributed by atoms with Crippen molar-refractivity contribution < 1.29 is 19.1 Å². The summed E-state index contributed by atoms with van der Waals surface area (Å²) >= 11 is 0. The SMILES string of the molecule is COc1ccc(OC)c(CC(=O)N2C[C@@H]3C(C)(C)C[C@]3(C(N)=O)C2)c1. The van der Waals surface area contributed by atoms with E-state index < -0.39 is 5.41 Å². The van der Waals surface area contributed by atoms with Gasteiger partial charge in [-0.25, -0.2) is 0 Å². The first-order valence-corrected chi connectivity index (χ1v) is 8.52. The van der Waals surface area contributed by atoms with Crippen molar-refractivity contribution in [1.29, 1.82) is 0 Å². The van der Waals surface area contributed by atoms with Crippen LogP contribution in [0.5, 0.6) is 11.5 Å². The van der Waals surface area contributed by atoms with Crippen LogP contribution in [0.15, 0.2) is 18.2 Å². The third-order valence-electron chi connectivity index (χ3n) is 5.93. The summed E-state index contributed by atoms with van der Waals surface area (Å²) in [6.45, 7) is 5.28. The van der Waals surface area contributed by atoms with Gasteiger partial charge in [0.15, 0.2) is 0 Å². The van der Waals surface area contributed by atoms with E-state index in [1.165, 1.54) is 0 Å². The first kappa shape index (κ1) is 17.6. The quantitative estimate of drug-likeness (QED) is 0.878. The lowest BCUT2D eigenvalue weighted by Crippen LogP contribution is -2.59. The highest BCUT2D eigenvalue weighted by molar-refractivity contribution is 5.86. The molecule has 2 N–H and O–H groups in total. The zero-order chi connectivity index (χ0) is 18.4. The molecule has 1 saturated carbocycles. The Bertz CT molecular complexity index is 715. The van der Waals surface area contributed by atoms with Gasteiger partial charge in [-0.05, 0) is 36.0 Å². The number of hydrogen-bond acceptors (Lipinski definition) is 4. The van der Waals surface area contributed by atoms with Crippen molar-refractivity contribution >= 4 is 11.8 Å². The van der Waals surface area contributed by atoms with E-state index in [2.05, 4.69) is 13.8 Å². The minimum Gasteiger partial charge on any atom is -0.497 e. The number of nitrogens with two attached hydrogens (primary N) is 1. The number of ether oxygens (including phenoxy) is 2. The number of fused-ring (bicyclic) bond motifs is 1. The number of nitrogens with zero attached hydrogens (tertiary/aromatic N) is 1. The van der Waals surface area contributed by atoms with Crippen LogP contribution in [0, 0.1) is 16.7 Å². The van der Waals surface area contributed by atoms with Crippen molar-refractivity contribution in [3.63, 3.8) is 0 Å². The Kier molecular flexibility index (Phi) is 4.17. The van der Waals surface area contributed by atoms with Crippen LogP contribution in [0.3, 0.4) is 0 Å². The molecule has 1 saturated heterocycles. The van der Waals surface area contributed by atoms with Crippen molar-refractivity contribution in [2.24, 2.45) is 22.5 Å². The Morgan fingerprint density at radius 2 is 2.00 bits per heavy atom. The molecule has 0 radical (unpaired) electrons. The Morgan fingerprint density at radius 1 is 1.28 bits per heavy atom. The molecule has 6 heteroatoms. The van der Waals surface area contributed by atoms with Crippen LogP contribution < -0.4 is 15.2 Å². The van der Waals surface area contributed by atoms with E-state index in [1.807, 2.05) is 6.07 Å². The molecule has 2 fully saturated rings. The predicted octanol–water partition coefficient (Wildman–Crippen LogP) is 1.61. The van der Waals surface area contributed by atoms with E-state index in [4.69, 9.17) is 15.2 Å². The normalized spacial score (nSPS) is 26.6. The number of carbonyl (C=O) groups is 2. The molecule has 2 amide bonds. The summed E-state index contributed by atoms with van der Waals surface area (Å²) in [5.41, 5.74) is 5.94. The van der Waals surface area contributed by atoms with Crippen LogP contribution in [0.1, 0.15) is 25.8 Å². The fourth-order valence-corrected chi connectivity index (χ4v) is 4.71. The van der Waals surface area contributed by atoms with Gasteiger partial charge in [0.1, 0.15) is 11.5 Å². The third kappa shape index (κ3) is 2.73. The van der Waals surface area contributed by atoms with Gasteiger partial charge < -0.3 is 20.1 Å². The third-order valence-corrected chi connectivity index (χ3v) is 5.93. The Balaban J connectivity index is 1.78. The molecule has 2 atom stereocenters. The molecule has 1 aliphatic carbocycles. The lowest BCUT2D eigenvalue weighted by atomic mass is 9.48. The number of hydrogen-bond donors (Lipinski definition) is 1. The van der Waals surface area contributed by atoms with Crippen LogP contribution >= 0.6 is 0 Å². The van der Waals surface area contributed by atoms with E-state index in [-0.39, 0.29) is 29.6 Å². The van der Waals surface area contributed by atoms with Crippen LogP contribution in [0.25, 0.3) is 0 Å². The average molecular weight is 346 g/mol. The summed E-state index contributed by atoms with van der Waals surface area (Å²) in [5.74, 6) is 1.17. The van der Waals surface area contributed by atoms with E-state index in [1.54, 1.807) is 31.3 Å². The van der Waals surface area contributed by atoms with E-state index in [9.17, 15) is 9.59 Å². The molecule has 3 rings (SSSR count). The van der Waals surface area contributed by atoms with Gasteiger partial charge in [-0.3, -0.25) is 9.59 Å². The molecule has 1 aromatic rings. The summed E-state index contributed by atoms with van der Waals surface area (Å²) < 4.78 is 10.6. The van der Waals surface area contributed by atoms with Gasteiger partial charge in [-0.15, -0.1) is 0 Å². The molecule has 1 aromatic carbocycles. The smallest absolute Gasteiger partial charge is 0.227 e. The minimum atomic E-state index is -0.558. The Labute approximate surface area is 148 Å². The fourth-order valence-electron chi connectivity index (χ4n) is 4.71. The first-order chi connectivity index (χ1) is 11.7. The van der Waals surface area contributed by atoms with Gasteiger partial charge in [-0.1, -0.05) is 13.8 Å². The average Bonchev–Trinajstić information content (AvgIpc) is 2.91. The number of amides is 2. The van der Waals surface area contributed by atoms with Crippen LogP contribution in [-0.2, 0) is 16.0 Å². The zero-order valence-corrected chi connectivity index (χ0v) is 15.3. The molecule has 0 unspecified atom stereocenters. The summed E-state index contributed by atoms with van der Waals surface area (Å²) in [6.07, 6.45) is 0.953. The van der Waals surface area contributed by atoms with Gasteiger partial charge in [0, 0.05) is 18.7 Å². The Hall–Kier alpha value is -2.24. The van der Waals surface area contributed by atoms with Crippen molar-refractivity contribution in [2.75, 3.05) is 27.3 Å². The molecule has 2 aliphatic rings. The first-order valence-electron chi connectivity index (χ1n) is 8.52. The van der Waals surface area contributed by atoms with Crippen LogP contribution in [0.4, 0.5) is 0 Å². The van der Waals surface area contributed by atoms with E-state index in [0.717, 1.165) is 12.0 Å². The highest BCUT2D eigenvalue weighted by atomic mass is 16.5. The number of carbonyl (C=O) groups excluding carboxylic acids is 2. The lowest BCUT2D eigenvalue weighted by Gasteiger charge is -2.54. The van der Waals surface area contributed by atoms with Gasteiger partial charge in [0.05, 0.1) is 26.1 Å². The van der Waals surface area contributed by atoms with Crippen molar-refractivity contribution in [2.45, 2.75) is 26.7 Å². The molecule has 25 heavy (non-hydrogen) atoms. The molecule has 6 nitrogen and oxygen atoms in total.